The summed E-state index contributed by atoms with van der Waals surface area (Å²) in [6.45, 7) is 3.23. The highest BCUT2D eigenvalue weighted by molar-refractivity contribution is 6.01. The summed E-state index contributed by atoms with van der Waals surface area (Å²) in [6, 6.07) is 8.91. The van der Waals surface area contributed by atoms with Crippen molar-refractivity contribution in [3.05, 3.63) is 64.5 Å². The molecule has 0 N–H and O–H groups in total. The van der Waals surface area contributed by atoms with Crippen LogP contribution in [0.5, 0.6) is 5.75 Å². The molecule has 2 rings (SSSR count). The van der Waals surface area contributed by atoms with Gasteiger partial charge in [0, 0.05) is 0 Å². The lowest BCUT2D eigenvalue weighted by molar-refractivity contribution is 0.0473. The molecule has 2 aromatic rings. The normalized spacial score (nSPS) is 10.3. The first kappa shape index (κ1) is 16.7. The minimum Gasteiger partial charge on any atom is -0.496 e. The van der Waals surface area contributed by atoms with Crippen molar-refractivity contribution in [2.45, 2.75) is 13.8 Å². The smallest absolute Gasteiger partial charge is 0.338 e. The van der Waals surface area contributed by atoms with Gasteiger partial charge in [0.1, 0.15) is 11.6 Å². The monoisotopic (exact) mass is 316 g/mol. The Morgan fingerprint density at radius 2 is 1.78 bits per heavy atom. The number of methoxy groups -OCH3 is 1. The third-order valence-corrected chi connectivity index (χ3v) is 3.40. The molecule has 2 aromatic carbocycles. The summed E-state index contributed by atoms with van der Waals surface area (Å²) in [6.07, 6.45) is 0. The van der Waals surface area contributed by atoms with Gasteiger partial charge in [-0.3, -0.25) is 4.79 Å². The molecule has 0 aliphatic rings. The lowest BCUT2D eigenvalue weighted by Gasteiger charge is -2.09. The second-order valence-corrected chi connectivity index (χ2v) is 5.16. The quantitative estimate of drug-likeness (QED) is 0.626. The van der Waals surface area contributed by atoms with E-state index in [1.165, 1.54) is 19.2 Å². The van der Waals surface area contributed by atoms with Crippen LogP contribution in [0, 0.1) is 19.7 Å². The van der Waals surface area contributed by atoms with Crippen molar-refractivity contribution in [3.8, 4) is 5.75 Å². The van der Waals surface area contributed by atoms with Crippen LogP contribution >= 0.6 is 0 Å². The molecule has 0 bridgehead atoms. The van der Waals surface area contributed by atoms with E-state index < -0.39 is 24.2 Å². The minimum absolute atomic E-state index is 0.0425. The lowest BCUT2D eigenvalue weighted by atomic mass is 10.1. The van der Waals surface area contributed by atoms with E-state index in [4.69, 9.17) is 9.47 Å². The Bertz CT molecular complexity index is 753. The predicted molar refractivity (Wildman–Crippen MR) is 83.5 cm³/mol. The predicted octanol–water partition coefficient (Wildman–Crippen LogP) is 3.49. The number of benzene rings is 2. The standard InChI is InChI=1S/C18H17FO4/c1-11-4-6-14(12(2)8-11)18(21)23-10-16(20)15-9-13(19)5-7-17(15)22-3/h4-9H,10H2,1-3H3. The van der Waals surface area contributed by atoms with E-state index in [0.717, 1.165) is 17.2 Å². The second kappa shape index (κ2) is 7.05. The number of rotatable bonds is 5. The van der Waals surface area contributed by atoms with Crippen molar-refractivity contribution in [1.82, 2.24) is 0 Å². The van der Waals surface area contributed by atoms with Gasteiger partial charge >= 0.3 is 5.97 Å². The largest absolute Gasteiger partial charge is 0.496 e. The van der Waals surface area contributed by atoms with Crippen LogP contribution in [0.2, 0.25) is 0 Å². The summed E-state index contributed by atoms with van der Waals surface area (Å²) < 4.78 is 23.3. The SMILES string of the molecule is COc1ccc(F)cc1C(=O)COC(=O)c1ccc(C)cc1C. The molecule has 0 atom stereocenters. The van der Waals surface area contributed by atoms with Crippen molar-refractivity contribution in [2.24, 2.45) is 0 Å². The Morgan fingerprint density at radius 1 is 1.04 bits per heavy atom. The number of esters is 1. The molecular formula is C18H17FO4. The molecule has 0 spiro atoms. The van der Waals surface area contributed by atoms with Crippen molar-refractivity contribution in [1.29, 1.82) is 0 Å². The molecule has 0 fully saturated rings. The van der Waals surface area contributed by atoms with Gasteiger partial charge in [0.05, 0.1) is 18.2 Å². The molecule has 5 heteroatoms. The Kier molecular flexibility index (Phi) is 5.11. The van der Waals surface area contributed by atoms with Gasteiger partial charge in [-0.2, -0.15) is 0 Å². The van der Waals surface area contributed by atoms with Gasteiger partial charge in [0.25, 0.3) is 0 Å². The van der Waals surface area contributed by atoms with Gasteiger partial charge in [-0.15, -0.1) is 0 Å². The molecule has 4 nitrogen and oxygen atoms in total. The summed E-state index contributed by atoms with van der Waals surface area (Å²) in [4.78, 5) is 24.2. The molecule has 0 unspecified atom stereocenters. The van der Waals surface area contributed by atoms with Crippen LogP contribution in [0.25, 0.3) is 0 Å². The average Bonchev–Trinajstić information content (AvgIpc) is 2.52. The van der Waals surface area contributed by atoms with Gasteiger partial charge in [-0.05, 0) is 43.7 Å². The van der Waals surface area contributed by atoms with E-state index >= 15 is 0 Å². The number of ketones is 1. The van der Waals surface area contributed by atoms with Crippen molar-refractivity contribution in [2.75, 3.05) is 13.7 Å². The molecule has 0 aliphatic carbocycles. The summed E-state index contributed by atoms with van der Waals surface area (Å²) in [5, 5.41) is 0. The molecule has 0 heterocycles. The Labute approximate surface area is 133 Å². The third kappa shape index (κ3) is 3.94. The second-order valence-electron chi connectivity index (χ2n) is 5.16. The summed E-state index contributed by atoms with van der Waals surface area (Å²) in [5.41, 5.74) is 2.24. The highest BCUT2D eigenvalue weighted by atomic mass is 19.1. The van der Waals surface area contributed by atoms with Crippen LogP contribution in [0.4, 0.5) is 4.39 Å². The lowest BCUT2D eigenvalue weighted by Crippen LogP contribution is -2.16. The van der Waals surface area contributed by atoms with E-state index in [1.807, 2.05) is 13.0 Å². The molecule has 0 radical (unpaired) electrons. The van der Waals surface area contributed by atoms with Crippen LogP contribution in [0.3, 0.4) is 0 Å². The molecule has 120 valence electrons. The average molecular weight is 316 g/mol. The van der Waals surface area contributed by atoms with E-state index in [9.17, 15) is 14.0 Å². The summed E-state index contributed by atoms with van der Waals surface area (Å²) >= 11 is 0. The fraction of sp³-hybridized carbons (Fsp3) is 0.222. The first-order valence-electron chi connectivity index (χ1n) is 7.03. The highest BCUT2D eigenvalue weighted by Gasteiger charge is 2.17. The maximum atomic E-state index is 13.3. The molecule has 0 saturated carbocycles. The number of carbonyl (C=O) groups is 2. The Balaban J connectivity index is 2.10. The van der Waals surface area contributed by atoms with E-state index in [-0.39, 0.29) is 11.3 Å². The number of aryl methyl sites for hydroxylation is 2. The topological polar surface area (TPSA) is 52.6 Å². The number of hydrogen-bond donors (Lipinski definition) is 0. The molecule has 0 saturated heterocycles. The van der Waals surface area contributed by atoms with Gasteiger partial charge in [0.2, 0.25) is 5.78 Å². The van der Waals surface area contributed by atoms with Crippen LogP contribution < -0.4 is 4.74 Å². The Hall–Kier alpha value is -2.69. The maximum absolute atomic E-state index is 13.3. The first-order valence-corrected chi connectivity index (χ1v) is 7.03. The minimum atomic E-state index is -0.591. The van der Waals surface area contributed by atoms with Crippen LogP contribution in [0.15, 0.2) is 36.4 Å². The number of halogens is 1. The number of ether oxygens (including phenoxy) is 2. The number of Topliss-reactive ketones (excluding diaryl/α,β-unsaturated/α-hetero) is 1. The van der Waals surface area contributed by atoms with E-state index in [1.54, 1.807) is 19.1 Å². The van der Waals surface area contributed by atoms with Gasteiger partial charge in [-0.25, -0.2) is 9.18 Å². The summed E-state index contributed by atoms with van der Waals surface area (Å²) in [5.74, 6) is -1.44. The van der Waals surface area contributed by atoms with Crippen molar-refractivity contribution >= 4 is 11.8 Å². The van der Waals surface area contributed by atoms with Gasteiger partial charge in [0.15, 0.2) is 6.61 Å². The molecule has 23 heavy (non-hydrogen) atoms. The molecule has 0 amide bonds. The fourth-order valence-corrected chi connectivity index (χ4v) is 2.23. The zero-order valence-corrected chi connectivity index (χ0v) is 13.2. The van der Waals surface area contributed by atoms with Crippen molar-refractivity contribution < 1.29 is 23.5 Å². The van der Waals surface area contributed by atoms with Crippen molar-refractivity contribution in [3.63, 3.8) is 0 Å². The first-order chi connectivity index (χ1) is 10.9. The van der Waals surface area contributed by atoms with E-state index in [0.29, 0.717) is 5.56 Å². The number of carbonyl (C=O) groups excluding carboxylic acids is 2. The van der Waals surface area contributed by atoms with E-state index in [2.05, 4.69) is 0 Å². The zero-order valence-electron chi connectivity index (χ0n) is 13.2. The number of hydrogen-bond acceptors (Lipinski definition) is 4. The molecular weight excluding hydrogens is 299 g/mol. The fourth-order valence-electron chi connectivity index (χ4n) is 2.23. The maximum Gasteiger partial charge on any atom is 0.338 e. The third-order valence-electron chi connectivity index (χ3n) is 3.40. The van der Waals surface area contributed by atoms with Crippen LogP contribution in [-0.2, 0) is 4.74 Å². The van der Waals surface area contributed by atoms with Gasteiger partial charge in [-0.1, -0.05) is 17.7 Å². The Morgan fingerprint density at radius 3 is 2.43 bits per heavy atom. The summed E-state index contributed by atoms with van der Waals surface area (Å²) in [7, 11) is 1.38. The molecule has 0 aromatic heterocycles. The zero-order chi connectivity index (χ0) is 17.0. The van der Waals surface area contributed by atoms with Gasteiger partial charge < -0.3 is 9.47 Å². The van der Waals surface area contributed by atoms with Crippen LogP contribution in [0.1, 0.15) is 31.8 Å². The highest BCUT2D eigenvalue weighted by Crippen LogP contribution is 2.20. The molecule has 0 aliphatic heterocycles. The van der Waals surface area contributed by atoms with Crippen LogP contribution in [-0.4, -0.2) is 25.5 Å².